The lowest BCUT2D eigenvalue weighted by molar-refractivity contribution is -0.385. The van der Waals surface area contributed by atoms with Gasteiger partial charge in [-0.05, 0) is 49.8 Å². The van der Waals surface area contributed by atoms with Gasteiger partial charge in [-0.1, -0.05) is 54.6 Å². The summed E-state index contributed by atoms with van der Waals surface area (Å²) in [5.74, 6) is 0.135. The van der Waals surface area contributed by atoms with Crippen LogP contribution in [-0.2, 0) is 15.3 Å². The minimum atomic E-state index is -0.815. The van der Waals surface area contributed by atoms with Gasteiger partial charge < -0.3 is 15.2 Å². The number of aromatic hydroxyl groups is 1. The predicted octanol–water partition coefficient (Wildman–Crippen LogP) is 5.35. The summed E-state index contributed by atoms with van der Waals surface area (Å²) in [7, 11) is 0. The highest BCUT2D eigenvalue weighted by Crippen LogP contribution is 2.40. The van der Waals surface area contributed by atoms with Crippen LogP contribution >= 0.6 is 11.8 Å². The van der Waals surface area contributed by atoms with Crippen molar-refractivity contribution in [3.8, 4) is 5.75 Å². The van der Waals surface area contributed by atoms with Crippen LogP contribution in [-0.4, -0.2) is 36.9 Å². The zero-order chi connectivity index (χ0) is 25.9. The highest BCUT2D eigenvalue weighted by molar-refractivity contribution is 7.98. The van der Waals surface area contributed by atoms with Crippen molar-refractivity contribution < 1.29 is 19.6 Å². The summed E-state index contributed by atoms with van der Waals surface area (Å²) in [6.45, 7) is 1.76. The number of phenols is 1. The molecule has 1 atom stereocenters. The molecule has 1 aliphatic carbocycles. The van der Waals surface area contributed by atoms with Gasteiger partial charge in [0.15, 0.2) is 5.75 Å². The monoisotopic (exact) mass is 521 g/mol. The van der Waals surface area contributed by atoms with Crippen LogP contribution in [0.25, 0.3) is 0 Å². The van der Waals surface area contributed by atoms with Gasteiger partial charge >= 0.3 is 11.7 Å². The van der Waals surface area contributed by atoms with Gasteiger partial charge in [0.25, 0.3) is 0 Å². The Hall–Kier alpha value is -3.86. The number of allylic oxidation sites excluding steroid dienone is 1. The highest BCUT2D eigenvalue weighted by Gasteiger charge is 2.37. The molecule has 0 radical (unpaired) electrons. The molecule has 1 unspecified atom stereocenters. The molecule has 2 aromatic carbocycles. The normalized spacial score (nSPS) is 17.7. The van der Waals surface area contributed by atoms with Gasteiger partial charge in [-0.2, -0.15) is 4.98 Å². The van der Waals surface area contributed by atoms with Gasteiger partial charge in [0.1, 0.15) is 12.1 Å². The molecule has 0 bridgehead atoms. The van der Waals surface area contributed by atoms with Crippen molar-refractivity contribution in [2.75, 3.05) is 5.32 Å². The molecule has 1 aromatic heterocycles. The molecule has 3 aromatic rings. The Balaban J connectivity index is 1.51. The first kappa shape index (κ1) is 24.8. The van der Waals surface area contributed by atoms with Crippen molar-refractivity contribution in [2.45, 2.75) is 62.1 Å². The summed E-state index contributed by atoms with van der Waals surface area (Å²) in [6, 6.07) is 13.2. The van der Waals surface area contributed by atoms with Crippen LogP contribution in [0.2, 0.25) is 0 Å². The molecule has 1 saturated carbocycles. The molecule has 5 rings (SSSR count). The molecule has 0 amide bonds. The molecule has 0 spiro atoms. The molecule has 1 fully saturated rings. The summed E-state index contributed by atoms with van der Waals surface area (Å²) in [5, 5.41) is 29.9. The fraction of sp³-hybridized carbons (Fsp3) is 0.346. The van der Waals surface area contributed by atoms with E-state index in [1.165, 1.54) is 23.9 Å². The van der Waals surface area contributed by atoms with E-state index in [4.69, 9.17) is 4.74 Å². The number of nitrogens with one attached hydrogen (secondary N) is 1. The number of hydrogen-bond acceptors (Lipinski definition) is 9. The van der Waals surface area contributed by atoms with Crippen molar-refractivity contribution in [1.82, 2.24) is 14.8 Å². The lowest BCUT2D eigenvalue weighted by atomic mass is 9.94. The van der Waals surface area contributed by atoms with E-state index in [0.717, 1.165) is 37.7 Å². The van der Waals surface area contributed by atoms with E-state index in [1.807, 2.05) is 30.3 Å². The number of hydrogen-bond donors (Lipinski definition) is 2. The van der Waals surface area contributed by atoms with Gasteiger partial charge in [0.05, 0.1) is 10.5 Å². The van der Waals surface area contributed by atoms with Gasteiger partial charge in [-0.25, -0.2) is 9.48 Å². The summed E-state index contributed by atoms with van der Waals surface area (Å²) >= 11 is 1.45. The number of phenolic OH excluding ortho intramolecular Hbond substituents is 1. The molecule has 37 heavy (non-hydrogen) atoms. The van der Waals surface area contributed by atoms with Crippen molar-refractivity contribution in [3.05, 3.63) is 81.0 Å². The molecular weight excluding hydrogens is 494 g/mol. The number of nitro groups is 1. The third-order valence-corrected chi connectivity index (χ3v) is 7.51. The van der Waals surface area contributed by atoms with Crippen LogP contribution < -0.4 is 5.32 Å². The Morgan fingerprint density at radius 2 is 1.97 bits per heavy atom. The number of nitro benzene ring substituents is 1. The van der Waals surface area contributed by atoms with Crippen molar-refractivity contribution in [3.63, 3.8) is 0 Å². The van der Waals surface area contributed by atoms with E-state index in [2.05, 4.69) is 15.4 Å². The lowest BCUT2D eigenvalue weighted by Crippen LogP contribution is -2.32. The number of ether oxygens (including phenoxy) is 1. The van der Waals surface area contributed by atoms with Gasteiger partial charge in [-0.15, -0.1) is 5.10 Å². The van der Waals surface area contributed by atoms with Crippen molar-refractivity contribution >= 4 is 29.4 Å². The van der Waals surface area contributed by atoms with E-state index < -0.39 is 28.4 Å². The molecule has 2 aliphatic rings. The molecule has 10 nitrogen and oxygen atoms in total. The first-order valence-electron chi connectivity index (χ1n) is 12.2. The quantitative estimate of drug-likeness (QED) is 0.183. The Kier molecular flexibility index (Phi) is 7.13. The number of fused-ring (bicyclic) bond motifs is 1. The molecule has 192 valence electrons. The van der Waals surface area contributed by atoms with Crippen LogP contribution in [0.5, 0.6) is 5.75 Å². The number of benzene rings is 2. The molecule has 0 saturated heterocycles. The third kappa shape index (κ3) is 5.31. The van der Waals surface area contributed by atoms with E-state index in [1.54, 1.807) is 17.7 Å². The van der Waals surface area contributed by atoms with Gasteiger partial charge in [0.2, 0.25) is 11.1 Å². The van der Waals surface area contributed by atoms with Crippen LogP contribution in [0.1, 0.15) is 56.2 Å². The van der Waals surface area contributed by atoms with E-state index in [-0.39, 0.29) is 6.10 Å². The average Bonchev–Trinajstić information content (AvgIpc) is 3.30. The highest BCUT2D eigenvalue weighted by atomic mass is 32.2. The number of esters is 1. The Labute approximate surface area is 217 Å². The number of aromatic nitrogens is 3. The standard InChI is InChI=1S/C26H27N5O5S/c1-16-22(24(33)36-19-10-6-3-7-11-19)23(18-12-13-21(32)20(14-18)31(34)35)30-25(27-16)28-26(29-30)37-15-17-8-4-2-5-9-17/h2,4-5,8-9,12-14,19,23,32H,3,6-7,10-11,15H2,1H3,(H,27,28,29). The number of nitrogens with zero attached hydrogens (tertiary/aromatic N) is 4. The van der Waals surface area contributed by atoms with E-state index in [9.17, 15) is 20.0 Å². The lowest BCUT2D eigenvalue weighted by Gasteiger charge is -2.30. The molecule has 11 heteroatoms. The Bertz CT molecular complexity index is 1350. The molecule has 2 heterocycles. The maximum Gasteiger partial charge on any atom is 0.338 e. The second-order valence-corrected chi connectivity index (χ2v) is 10.1. The third-order valence-electron chi connectivity index (χ3n) is 6.60. The second kappa shape index (κ2) is 10.6. The fourth-order valence-corrected chi connectivity index (χ4v) is 5.53. The minimum absolute atomic E-state index is 0.162. The van der Waals surface area contributed by atoms with Gasteiger partial charge in [-0.3, -0.25) is 10.1 Å². The Morgan fingerprint density at radius 3 is 2.70 bits per heavy atom. The summed E-state index contributed by atoms with van der Waals surface area (Å²) < 4.78 is 7.46. The first-order valence-corrected chi connectivity index (χ1v) is 13.2. The predicted molar refractivity (Wildman–Crippen MR) is 138 cm³/mol. The zero-order valence-electron chi connectivity index (χ0n) is 20.3. The Morgan fingerprint density at radius 1 is 1.22 bits per heavy atom. The van der Waals surface area contributed by atoms with Crippen molar-refractivity contribution in [2.24, 2.45) is 0 Å². The number of thioether (sulfide) groups is 1. The summed E-state index contributed by atoms with van der Waals surface area (Å²) in [6.07, 6.45) is 4.62. The largest absolute Gasteiger partial charge is 0.502 e. The first-order chi connectivity index (χ1) is 17.9. The SMILES string of the molecule is CC1=C(C(=O)OC2CCCCC2)C(c2ccc(O)c([N+](=O)[O-])c2)n2nc(SCc3ccccc3)nc2N1. The van der Waals surface area contributed by atoms with Crippen molar-refractivity contribution in [1.29, 1.82) is 0 Å². The van der Waals surface area contributed by atoms with E-state index >= 15 is 0 Å². The topological polar surface area (TPSA) is 132 Å². The number of carbonyl (C=O) groups is 1. The number of anilines is 1. The van der Waals surface area contributed by atoms with Crippen LogP contribution in [0.15, 0.2) is 65.0 Å². The summed E-state index contributed by atoms with van der Waals surface area (Å²) in [4.78, 5) is 29.0. The van der Waals surface area contributed by atoms with Gasteiger partial charge in [0, 0.05) is 17.5 Å². The molecular formula is C26H27N5O5S. The smallest absolute Gasteiger partial charge is 0.338 e. The van der Waals surface area contributed by atoms with Crippen LogP contribution in [0, 0.1) is 10.1 Å². The number of carbonyl (C=O) groups excluding carboxylic acids is 1. The van der Waals surface area contributed by atoms with Crippen LogP contribution in [0.3, 0.4) is 0 Å². The average molecular weight is 522 g/mol. The number of rotatable bonds is 7. The maximum absolute atomic E-state index is 13.5. The molecule has 2 N–H and O–H groups in total. The zero-order valence-corrected chi connectivity index (χ0v) is 21.1. The maximum atomic E-state index is 13.5. The summed E-state index contributed by atoms with van der Waals surface area (Å²) in [5.41, 5.74) is 1.94. The van der Waals surface area contributed by atoms with E-state index in [0.29, 0.717) is 33.7 Å². The molecule has 1 aliphatic heterocycles. The van der Waals surface area contributed by atoms with Crippen LogP contribution in [0.4, 0.5) is 11.6 Å². The second-order valence-electron chi connectivity index (χ2n) is 9.17. The fourth-order valence-electron chi connectivity index (χ4n) is 4.74. The minimum Gasteiger partial charge on any atom is -0.502 e.